The summed E-state index contributed by atoms with van der Waals surface area (Å²) in [7, 11) is 5.70. The van der Waals surface area contributed by atoms with E-state index in [9.17, 15) is 0 Å². The van der Waals surface area contributed by atoms with Gasteiger partial charge in [0.15, 0.2) is 5.96 Å². The van der Waals surface area contributed by atoms with Crippen molar-refractivity contribution in [1.82, 2.24) is 20.4 Å². The minimum atomic E-state index is 0. The third kappa shape index (κ3) is 8.38. The molecular formula is C17H36IN5O2. The van der Waals surface area contributed by atoms with Gasteiger partial charge >= 0.3 is 0 Å². The van der Waals surface area contributed by atoms with Gasteiger partial charge in [0.2, 0.25) is 0 Å². The van der Waals surface area contributed by atoms with Gasteiger partial charge in [-0.3, -0.25) is 9.89 Å². The first-order valence-corrected chi connectivity index (χ1v) is 9.20. The van der Waals surface area contributed by atoms with Crippen LogP contribution in [0.25, 0.3) is 0 Å². The topological polar surface area (TPSA) is 61.4 Å². The first-order chi connectivity index (χ1) is 11.7. The van der Waals surface area contributed by atoms with Gasteiger partial charge in [0.1, 0.15) is 0 Å². The molecule has 0 aromatic rings. The van der Waals surface area contributed by atoms with Crippen molar-refractivity contribution in [2.45, 2.75) is 31.4 Å². The van der Waals surface area contributed by atoms with Crippen molar-refractivity contribution in [3.63, 3.8) is 0 Å². The summed E-state index contributed by atoms with van der Waals surface area (Å²) in [6.07, 6.45) is 3.93. The van der Waals surface area contributed by atoms with E-state index in [1.54, 1.807) is 7.11 Å². The number of morpholine rings is 1. The lowest BCUT2D eigenvalue weighted by atomic mass is 10.2. The summed E-state index contributed by atoms with van der Waals surface area (Å²) in [5, 5.41) is 6.77. The van der Waals surface area contributed by atoms with Crippen LogP contribution in [-0.4, -0.2) is 102 Å². The Kier molecular flexibility index (Phi) is 12.0. The largest absolute Gasteiger partial charge is 0.385 e. The molecule has 0 aromatic heterocycles. The summed E-state index contributed by atoms with van der Waals surface area (Å²) in [6, 6.07) is 0.660. The van der Waals surface area contributed by atoms with Crippen LogP contribution in [0.4, 0.5) is 0 Å². The fraction of sp³-hybridized carbons (Fsp3) is 0.941. The van der Waals surface area contributed by atoms with Crippen molar-refractivity contribution in [2.24, 2.45) is 4.99 Å². The van der Waals surface area contributed by atoms with Gasteiger partial charge < -0.3 is 25.0 Å². The zero-order valence-electron chi connectivity index (χ0n) is 16.0. The Hall–Kier alpha value is -0.160. The maximum absolute atomic E-state index is 5.98. The number of halogens is 1. The molecule has 2 saturated heterocycles. The van der Waals surface area contributed by atoms with Crippen LogP contribution < -0.4 is 10.6 Å². The predicted octanol–water partition coefficient (Wildman–Crippen LogP) is 0.601. The molecule has 2 N–H and O–H groups in total. The zero-order valence-corrected chi connectivity index (χ0v) is 18.3. The standard InChI is InChI=1S/C17H35N5O2.HI/c1-18-17(19-7-10-21(2)8-5-11-23-3)20-12-16-13-22-9-4-6-15(22)14-24-16;/h15-16H,4-14H2,1-3H3,(H2,18,19,20);1H. The number of ether oxygens (including phenoxy) is 2. The highest BCUT2D eigenvalue weighted by atomic mass is 127. The molecule has 2 fully saturated rings. The normalized spacial score (nSPS) is 24.1. The predicted molar refractivity (Wildman–Crippen MR) is 113 cm³/mol. The van der Waals surface area contributed by atoms with Crippen LogP contribution in [0.5, 0.6) is 0 Å². The lowest BCUT2D eigenvalue weighted by Gasteiger charge is -2.35. The molecule has 0 aliphatic carbocycles. The summed E-state index contributed by atoms with van der Waals surface area (Å²) in [4.78, 5) is 9.17. The second kappa shape index (κ2) is 13.1. The molecule has 25 heavy (non-hydrogen) atoms. The number of aliphatic imine (C=N–C) groups is 1. The second-order valence-electron chi connectivity index (χ2n) is 6.78. The van der Waals surface area contributed by atoms with Gasteiger partial charge in [-0.1, -0.05) is 0 Å². The number of likely N-dealkylation sites (N-methyl/N-ethyl adjacent to an activating group) is 1. The summed E-state index contributed by atoms with van der Waals surface area (Å²) in [6.45, 7) is 7.69. The third-order valence-corrected chi connectivity index (χ3v) is 4.86. The average molecular weight is 469 g/mol. The van der Waals surface area contributed by atoms with Crippen molar-refractivity contribution in [3.05, 3.63) is 0 Å². The summed E-state index contributed by atoms with van der Waals surface area (Å²) >= 11 is 0. The number of nitrogens with zero attached hydrogens (tertiary/aromatic N) is 3. The highest BCUT2D eigenvalue weighted by molar-refractivity contribution is 14.0. The Morgan fingerprint density at radius 2 is 2.20 bits per heavy atom. The van der Waals surface area contributed by atoms with Crippen molar-refractivity contribution in [1.29, 1.82) is 0 Å². The minimum absolute atomic E-state index is 0. The molecule has 2 unspecified atom stereocenters. The first-order valence-electron chi connectivity index (χ1n) is 9.20. The molecule has 2 atom stereocenters. The monoisotopic (exact) mass is 469 g/mol. The molecule has 2 aliphatic rings. The molecule has 0 saturated carbocycles. The number of guanidine groups is 1. The number of fused-ring (bicyclic) bond motifs is 1. The molecule has 0 spiro atoms. The number of hydrogen-bond acceptors (Lipinski definition) is 5. The van der Waals surface area contributed by atoms with Crippen LogP contribution in [0.3, 0.4) is 0 Å². The van der Waals surface area contributed by atoms with Gasteiger partial charge in [0.05, 0.1) is 12.7 Å². The summed E-state index contributed by atoms with van der Waals surface area (Å²) < 4.78 is 11.1. The van der Waals surface area contributed by atoms with Crippen LogP contribution >= 0.6 is 24.0 Å². The molecule has 0 radical (unpaired) electrons. The molecule has 0 bridgehead atoms. The smallest absolute Gasteiger partial charge is 0.191 e. The van der Waals surface area contributed by atoms with E-state index in [1.807, 2.05) is 7.05 Å². The highest BCUT2D eigenvalue weighted by Crippen LogP contribution is 2.22. The number of rotatable bonds is 9. The van der Waals surface area contributed by atoms with Gasteiger partial charge in [0, 0.05) is 59.5 Å². The van der Waals surface area contributed by atoms with E-state index >= 15 is 0 Å². The Balaban J connectivity index is 0.00000312. The molecule has 8 heteroatoms. The van der Waals surface area contributed by atoms with Crippen LogP contribution in [0, 0.1) is 0 Å². The summed E-state index contributed by atoms with van der Waals surface area (Å²) in [5.74, 6) is 0.854. The van der Waals surface area contributed by atoms with Crippen molar-refractivity contribution >= 4 is 29.9 Å². The van der Waals surface area contributed by atoms with E-state index in [2.05, 4.69) is 32.5 Å². The Morgan fingerprint density at radius 3 is 2.96 bits per heavy atom. The maximum Gasteiger partial charge on any atom is 0.191 e. The van der Waals surface area contributed by atoms with Crippen molar-refractivity contribution < 1.29 is 9.47 Å². The van der Waals surface area contributed by atoms with E-state index in [4.69, 9.17) is 9.47 Å². The Morgan fingerprint density at radius 1 is 1.36 bits per heavy atom. The SMILES string of the molecule is CN=C(NCCN(C)CCCOC)NCC1CN2CCCC2CO1.I. The molecule has 148 valence electrons. The lowest BCUT2D eigenvalue weighted by Crippen LogP contribution is -2.51. The van der Waals surface area contributed by atoms with E-state index in [1.165, 1.54) is 19.4 Å². The van der Waals surface area contributed by atoms with Gasteiger partial charge in [-0.05, 0) is 32.9 Å². The number of hydrogen-bond donors (Lipinski definition) is 2. The van der Waals surface area contributed by atoms with E-state index in [0.29, 0.717) is 6.04 Å². The molecular weight excluding hydrogens is 433 g/mol. The van der Waals surface area contributed by atoms with Crippen LogP contribution in [0.2, 0.25) is 0 Å². The van der Waals surface area contributed by atoms with Crippen molar-refractivity contribution in [3.8, 4) is 0 Å². The van der Waals surface area contributed by atoms with Gasteiger partial charge in [-0.15, -0.1) is 24.0 Å². The summed E-state index contributed by atoms with van der Waals surface area (Å²) in [5.41, 5.74) is 0. The molecule has 0 aromatic carbocycles. The fourth-order valence-corrected chi connectivity index (χ4v) is 3.40. The Bertz CT molecular complexity index is 386. The first kappa shape index (κ1) is 22.9. The van der Waals surface area contributed by atoms with E-state index < -0.39 is 0 Å². The van der Waals surface area contributed by atoms with Crippen LogP contribution in [-0.2, 0) is 9.47 Å². The van der Waals surface area contributed by atoms with Gasteiger partial charge in [-0.2, -0.15) is 0 Å². The zero-order chi connectivity index (χ0) is 17.2. The Labute approximate surface area is 169 Å². The lowest BCUT2D eigenvalue weighted by molar-refractivity contribution is -0.0453. The molecule has 2 rings (SSSR count). The van der Waals surface area contributed by atoms with Gasteiger partial charge in [0.25, 0.3) is 0 Å². The van der Waals surface area contributed by atoms with E-state index in [-0.39, 0.29) is 30.1 Å². The number of nitrogens with one attached hydrogen (secondary N) is 2. The molecule has 2 aliphatic heterocycles. The average Bonchev–Trinajstić information content (AvgIpc) is 3.06. The maximum atomic E-state index is 5.98. The van der Waals surface area contributed by atoms with Crippen LogP contribution in [0.15, 0.2) is 4.99 Å². The van der Waals surface area contributed by atoms with E-state index in [0.717, 1.165) is 58.3 Å². The highest BCUT2D eigenvalue weighted by Gasteiger charge is 2.32. The minimum Gasteiger partial charge on any atom is -0.385 e. The molecule has 0 amide bonds. The third-order valence-electron chi connectivity index (χ3n) is 4.86. The molecule has 2 heterocycles. The van der Waals surface area contributed by atoms with Crippen molar-refractivity contribution in [2.75, 3.05) is 73.7 Å². The van der Waals surface area contributed by atoms with Crippen LogP contribution in [0.1, 0.15) is 19.3 Å². The molecule has 7 nitrogen and oxygen atoms in total. The number of methoxy groups -OCH3 is 1. The quantitative estimate of drug-likeness (QED) is 0.223. The fourth-order valence-electron chi connectivity index (χ4n) is 3.40. The second-order valence-corrected chi connectivity index (χ2v) is 6.78. The van der Waals surface area contributed by atoms with Gasteiger partial charge in [-0.25, -0.2) is 0 Å².